The van der Waals surface area contributed by atoms with Crippen LogP contribution in [0, 0.1) is 0 Å². The summed E-state index contributed by atoms with van der Waals surface area (Å²) in [6.45, 7) is 3.12. The van der Waals surface area contributed by atoms with E-state index >= 15 is 0 Å². The molecule has 0 amide bonds. The van der Waals surface area contributed by atoms with Gasteiger partial charge in [0.25, 0.3) is 0 Å². The van der Waals surface area contributed by atoms with E-state index in [0.29, 0.717) is 22.4 Å². The number of aldehydes is 1. The van der Waals surface area contributed by atoms with Gasteiger partial charge < -0.3 is 14.6 Å². The molecule has 1 aromatic rings. The highest BCUT2D eigenvalue weighted by Crippen LogP contribution is 2.27. The Bertz CT molecular complexity index is 395. The smallest absolute Gasteiger partial charge is 0.151 e. The third-order valence-electron chi connectivity index (χ3n) is 2.50. The maximum Gasteiger partial charge on any atom is 0.151 e. The summed E-state index contributed by atoms with van der Waals surface area (Å²) in [5.74, 6) is 0.539. The van der Waals surface area contributed by atoms with Crippen LogP contribution in [0.2, 0.25) is 0 Å². The zero-order valence-electron chi connectivity index (χ0n) is 11.0. The molecule has 5 heteroatoms. The summed E-state index contributed by atoms with van der Waals surface area (Å²) in [4.78, 5) is 10.8. The maximum absolute atomic E-state index is 10.8. The maximum atomic E-state index is 10.8. The second kappa shape index (κ2) is 9.07. The van der Waals surface area contributed by atoms with E-state index in [1.807, 2.05) is 0 Å². The van der Waals surface area contributed by atoms with E-state index < -0.39 is 6.10 Å². The van der Waals surface area contributed by atoms with Crippen molar-refractivity contribution in [3.05, 3.63) is 28.2 Å². The minimum atomic E-state index is -0.677. The molecule has 0 aliphatic rings. The van der Waals surface area contributed by atoms with Crippen molar-refractivity contribution in [1.29, 1.82) is 0 Å². The van der Waals surface area contributed by atoms with E-state index in [9.17, 15) is 9.90 Å². The number of ether oxygens (including phenoxy) is 2. The van der Waals surface area contributed by atoms with Crippen molar-refractivity contribution < 1.29 is 19.4 Å². The molecule has 19 heavy (non-hydrogen) atoms. The topological polar surface area (TPSA) is 55.8 Å². The second-order valence-corrected chi connectivity index (χ2v) is 4.96. The van der Waals surface area contributed by atoms with Gasteiger partial charge in [0.05, 0.1) is 11.1 Å². The van der Waals surface area contributed by atoms with Gasteiger partial charge in [-0.3, -0.25) is 4.79 Å². The number of aliphatic hydroxyl groups is 1. The van der Waals surface area contributed by atoms with Crippen LogP contribution in [0.1, 0.15) is 30.1 Å². The monoisotopic (exact) mass is 330 g/mol. The highest BCUT2D eigenvalue weighted by molar-refractivity contribution is 9.10. The fourth-order valence-corrected chi connectivity index (χ4v) is 1.90. The Hall–Kier alpha value is -0.910. The predicted octanol–water partition coefficient (Wildman–Crippen LogP) is 2.82. The van der Waals surface area contributed by atoms with Crippen LogP contribution in [-0.2, 0) is 4.74 Å². The number of rotatable bonds is 9. The van der Waals surface area contributed by atoms with Gasteiger partial charge in [-0.2, -0.15) is 0 Å². The largest absolute Gasteiger partial charge is 0.490 e. The van der Waals surface area contributed by atoms with Crippen LogP contribution in [0.3, 0.4) is 0 Å². The Morgan fingerprint density at radius 2 is 2.21 bits per heavy atom. The zero-order valence-corrected chi connectivity index (χ0v) is 12.6. The molecule has 4 nitrogen and oxygen atoms in total. The SMILES string of the molecule is CCCCOC[C@H](O)COc1cccc(C=O)c1Br. The molecule has 0 aromatic heterocycles. The molecule has 0 radical (unpaired) electrons. The van der Waals surface area contributed by atoms with Crippen LogP contribution in [0.5, 0.6) is 5.75 Å². The average Bonchev–Trinajstić information content (AvgIpc) is 2.42. The lowest BCUT2D eigenvalue weighted by molar-refractivity contribution is 0.0111. The van der Waals surface area contributed by atoms with Gasteiger partial charge in [0.1, 0.15) is 18.5 Å². The highest BCUT2D eigenvalue weighted by atomic mass is 79.9. The summed E-state index contributed by atoms with van der Waals surface area (Å²) < 4.78 is 11.4. The van der Waals surface area contributed by atoms with Gasteiger partial charge in [-0.05, 0) is 28.4 Å². The quantitative estimate of drug-likeness (QED) is 0.558. The van der Waals surface area contributed by atoms with Crippen molar-refractivity contribution in [2.24, 2.45) is 0 Å². The first-order valence-electron chi connectivity index (χ1n) is 6.31. The molecule has 0 saturated heterocycles. The molecule has 0 unspecified atom stereocenters. The van der Waals surface area contributed by atoms with E-state index in [0.717, 1.165) is 19.1 Å². The lowest BCUT2D eigenvalue weighted by Gasteiger charge is -2.14. The van der Waals surface area contributed by atoms with Gasteiger partial charge in [0.15, 0.2) is 6.29 Å². The van der Waals surface area contributed by atoms with E-state index in [1.54, 1.807) is 18.2 Å². The average molecular weight is 331 g/mol. The lowest BCUT2D eigenvalue weighted by atomic mass is 10.2. The number of hydrogen-bond donors (Lipinski definition) is 1. The Balaban J connectivity index is 2.37. The Morgan fingerprint density at radius 3 is 2.89 bits per heavy atom. The first-order valence-corrected chi connectivity index (χ1v) is 7.10. The van der Waals surface area contributed by atoms with Crippen molar-refractivity contribution in [1.82, 2.24) is 0 Å². The minimum absolute atomic E-state index is 0.132. The number of hydrogen-bond acceptors (Lipinski definition) is 4. The van der Waals surface area contributed by atoms with E-state index in [1.165, 1.54) is 0 Å². The van der Waals surface area contributed by atoms with Crippen LogP contribution >= 0.6 is 15.9 Å². The van der Waals surface area contributed by atoms with E-state index in [-0.39, 0.29) is 13.2 Å². The summed E-state index contributed by atoms with van der Waals surface area (Å²) in [7, 11) is 0. The molecule has 0 fully saturated rings. The number of halogens is 1. The van der Waals surface area contributed by atoms with Crippen molar-refractivity contribution in [3.63, 3.8) is 0 Å². The molecule has 1 rings (SSSR count). The molecular weight excluding hydrogens is 312 g/mol. The van der Waals surface area contributed by atoms with Crippen LogP contribution in [0.4, 0.5) is 0 Å². The summed E-state index contributed by atoms with van der Waals surface area (Å²) in [5.41, 5.74) is 0.520. The van der Waals surface area contributed by atoms with E-state index in [2.05, 4.69) is 22.9 Å². The molecular formula is C14H19BrO4. The predicted molar refractivity (Wildman–Crippen MR) is 76.8 cm³/mol. The van der Waals surface area contributed by atoms with Gasteiger partial charge in [0, 0.05) is 12.2 Å². The molecule has 0 aliphatic heterocycles. The molecule has 0 heterocycles. The molecule has 0 aliphatic carbocycles. The third kappa shape index (κ3) is 5.72. The summed E-state index contributed by atoms with van der Waals surface area (Å²) >= 11 is 3.30. The zero-order chi connectivity index (χ0) is 14.1. The second-order valence-electron chi connectivity index (χ2n) is 4.17. The number of benzene rings is 1. The molecule has 1 N–H and O–H groups in total. The minimum Gasteiger partial charge on any atom is -0.490 e. The van der Waals surface area contributed by atoms with Gasteiger partial charge in [-0.15, -0.1) is 0 Å². The Kier molecular flexibility index (Phi) is 7.70. The first-order chi connectivity index (χ1) is 9.19. The Labute approximate surface area is 121 Å². The summed E-state index contributed by atoms with van der Waals surface area (Å²) in [6, 6.07) is 5.16. The van der Waals surface area contributed by atoms with Crippen LogP contribution < -0.4 is 4.74 Å². The molecule has 1 atom stereocenters. The summed E-state index contributed by atoms with van der Waals surface area (Å²) in [5, 5.41) is 9.69. The van der Waals surface area contributed by atoms with Gasteiger partial charge >= 0.3 is 0 Å². The first kappa shape index (κ1) is 16.1. The summed E-state index contributed by atoms with van der Waals surface area (Å²) in [6.07, 6.45) is 2.13. The highest BCUT2D eigenvalue weighted by Gasteiger charge is 2.09. The molecule has 0 saturated carbocycles. The van der Waals surface area contributed by atoms with Gasteiger partial charge in [-0.1, -0.05) is 25.5 Å². The molecule has 0 spiro atoms. The van der Waals surface area contributed by atoms with Crippen molar-refractivity contribution >= 4 is 22.2 Å². The molecule has 1 aromatic carbocycles. The van der Waals surface area contributed by atoms with Crippen molar-refractivity contribution in [3.8, 4) is 5.75 Å². The van der Waals surface area contributed by atoms with Crippen LogP contribution in [0.15, 0.2) is 22.7 Å². The van der Waals surface area contributed by atoms with Gasteiger partial charge in [-0.25, -0.2) is 0 Å². The fourth-order valence-electron chi connectivity index (χ4n) is 1.43. The standard InChI is InChI=1S/C14H19BrO4/c1-2-3-7-18-9-12(17)10-19-13-6-4-5-11(8-16)14(13)15/h4-6,8,12,17H,2-3,7,9-10H2,1H3/t12-/m0/s1. The van der Waals surface area contributed by atoms with E-state index in [4.69, 9.17) is 9.47 Å². The number of unbranched alkanes of at least 4 members (excludes halogenated alkanes) is 1. The number of carbonyl (C=O) groups excluding carboxylic acids is 1. The van der Waals surface area contributed by atoms with Crippen LogP contribution in [-0.4, -0.2) is 37.3 Å². The van der Waals surface area contributed by atoms with Gasteiger partial charge in [0.2, 0.25) is 0 Å². The number of aliphatic hydroxyl groups excluding tert-OH is 1. The Morgan fingerprint density at radius 1 is 1.42 bits per heavy atom. The van der Waals surface area contributed by atoms with Crippen molar-refractivity contribution in [2.45, 2.75) is 25.9 Å². The fraction of sp³-hybridized carbons (Fsp3) is 0.500. The molecule has 106 valence electrons. The normalized spacial score (nSPS) is 12.2. The third-order valence-corrected chi connectivity index (χ3v) is 3.35. The van der Waals surface area contributed by atoms with Crippen molar-refractivity contribution in [2.75, 3.05) is 19.8 Å². The molecule has 0 bridgehead atoms. The van der Waals surface area contributed by atoms with Crippen LogP contribution in [0.25, 0.3) is 0 Å². The number of carbonyl (C=O) groups is 1. The lowest BCUT2D eigenvalue weighted by Crippen LogP contribution is -2.23.